The van der Waals surface area contributed by atoms with Crippen molar-refractivity contribution in [2.75, 3.05) is 19.0 Å². The summed E-state index contributed by atoms with van der Waals surface area (Å²) in [6.45, 7) is 0. The zero-order valence-corrected chi connectivity index (χ0v) is 8.49. The number of nitrogens with zero attached hydrogens (tertiary/aromatic N) is 2. The first-order chi connectivity index (χ1) is 6.74. The lowest BCUT2D eigenvalue weighted by Crippen LogP contribution is -2.11. The van der Waals surface area contributed by atoms with Crippen molar-refractivity contribution in [3.05, 3.63) is 29.3 Å². The number of hydrogen-bond donors (Lipinski definition) is 1. The van der Waals surface area contributed by atoms with Crippen molar-refractivity contribution in [2.24, 2.45) is 5.16 Å². The quantitative estimate of drug-likeness (QED) is 0.542. The first-order valence-electron chi connectivity index (χ1n) is 4.74. The van der Waals surface area contributed by atoms with Crippen LogP contribution in [0.15, 0.2) is 23.4 Å². The molecule has 0 radical (unpaired) electrons. The molecule has 74 valence electrons. The molecule has 0 unspecified atom stereocenters. The molecule has 1 aromatic rings. The lowest BCUT2D eigenvalue weighted by Gasteiger charge is -2.16. The van der Waals surface area contributed by atoms with Gasteiger partial charge in [0, 0.05) is 25.3 Å². The Morgan fingerprint density at radius 3 is 2.71 bits per heavy atom. The highest BCUT2D eigenvalue weighted by molar-refractivity contribution is 6.05. The molecule has 0 bridgehead atoms. The van der Waals surface area contributed by atoms with Crippen LogP contribution < -0.4 is 4.90 Å². The van der Waals surface area contributed by atoms with E-state index in [1.54, 1.807) is 0 Å². The molecule has 14 heavy (non-hydrogen) atoms. The molecule has 3 nitrogen and oxygen atoms in total. The molecule has 1 aromatic carbocycles. The van der Waals surface area contributed by atoms with Gasteiger partial charge < -0.3 is 10.1 Å². The largest absolute Gasteiger partial charge is 0.411 e. The lowest BCUT2D eigenvalue weighted by molar-refractivity contribution is 0.318. The topological polar surface area (TPSA) is 35.8 Å². The van der Waals surface area contributed by atoms with E-state index in [1.807, 2.05) is 26.2 Å². The van der Waals surface area contributed by atoms with Crippen LogP contribution >= 0.6 is 0 Å². The zero-order valence-electron chi connectivity index (χ0n) is 8.49. The zero-order chi connectivity index (χ0) is 10.1. The molecular weight excluding hydrogens is 176 g/mol. The molecule has 0 aromatic heterocycles. The Kier molecular flexibility index (Phi) is 2.15. The highest BCUT2D eigenvalue weighted by Gasteiger charge is 2.21. The lowest BCUT2D eigenvalue weighted by atomic mass is 10.1. The van der Waals surface area contributed by atoms with Crippen LogP contribution in [-0.4, -0.2) is 25.0 Å². The van der Waals surface area contributed by atoms with Gasteiger partial charge in [-0.15, -0.1) is 0 Å². The summed E-state index contributed by atoms with van der Waals surface area (Å²) in [5.41, 5.74) is 4.42. The Balaban J connectivity index is 2.55. The molecule has 0 amide bonds. The highest BCUT2D eigenvalue weighted by atomic mass is 16.4. The Bertz CT molecular complexity index is 383. The van der Waals surface area contributed by atoms with E-state index < -0.39 is 0 Å². The molecule has 1 aliphatic rings. The van der Waals surface area contributed by atoms with Gasteiger partial charge in [-0.1, -0.05) is 17.3 Å². The maximum Gasteiger partial charge on any atom is 0.0874 e. The second kappa shape index (κ2) is 3.33. The fourth-order valence-electron chi connectivity index (χ4n) is 2.01. The molecule has 0 spiro atoms. The molecule has 2 rings (SSSR count). The second-order valence-corrected chi connectivity index (χ2v) is 3.74. The minimum absolute atomic E-state index is 0.809. The number of fused-ring (bicyclic) bond motifs is 1. The molecule has 0 saturated heterocycles. The van der Waals surface area contributed by atoms with Crippen LogP contribution in [0.25, 0.3) is 0 Å². The SMILES string of the molecule is CN(C)c1cccc2c1CCC2=NO. The van der Waals surface area contributed by atoms with Crippen LogP contribution in [0, 0.1) is 0 Å². The molecule has 0 saturated carbocycles. The number of anilines is 1. The van der Waals surface area contributed by atoms with Gasteiger partial charge in [-0.3, -0.25) is 0 Å². The van der Waals surface area contributed by atoms with E-state index in [0.717, 1.165) is 24.1 Å². The van der Waals surface area contributed by atoms with Crippen molar-refractivity contribution in [1.82, 2.24) is 0 Å². The van der Waals surface area contributed by atoms with E-state index in [1.165, 1.54) is 11.3 Å². The molecule has 0 fully saturated rings. The van der Waals surface area contributed by atoms with E-state index in [9.17, 15) is 0 Å². The number of benzene rings is 1. The number of rotatable bonds is 1. The molecule has 0 atom stereocenters. The third kappa shape index (κ3) is 1.25. The van der Waals surface area contributed by atoms with Gasteiger partial charge in [-0.05, 0) is 24.5 Å². The minimum Gasteiger partial charge on any atom is -0.411 e. The Morgan fingerprint density at radius 1 is 1.29 bits per heavy atom. The molecule has 0 aliphatic heterocycles. The van der Waals surface area contributed by atoms with Gasteiger partial charge in [0.15, 0.2) is 0 Å². The van der Waals surface area contributed by atoms with Crippen molar-refractivity contribution in [3.63, 3.8) is 0 Å². The Morgan fingerprint density at radius 2 is 2.07 bits per heavy atom. The molecule has 3 heteroatoms. The first-order valence-corrected chi connectivity index (χ1v) is 4.74. The normalized spacial score (nSPS) is 17.1. The summed E-state index contributed by atoms with van der Waals surface area (Å²) in [4.78, 5) is 2.10. The maximum atomic E-state index is 8.82. The van der Waals surface area contributed by atoms with Crippen LogP contribution in [0.1, 0.15) is 17.5 Å². The van der Waals surface area contributed by atoms with Crippen LogP contribution in [0.4, 0.5) is 5.69 Å². The smallest absolute Gasteiger partial charge is 0.0874 e. The third-order valence-corrected chi connectivity index (χ3v) is 2.68. The molecule has 1 aliphatic carbocycles. The average Bonchev–Trinajstić information content (AvgIpc) is 2.59. The Hall–Kier alpha value is -1.51. The van der Waals surface area contributed by atoms with E-state index in [4.69, 9.17) is 5.21 Å². The average molecular weight is 190 g/mol. The summed E-state index contributed by atoms with van der Waals surface area (Å²) in [7, 11) is 4.06. The highest BCUT2D eigenvalue weighted by Crippen LogP contribution is 2.30. The fourth-order valence-corrected chi connectivity index (χ4v) is 2.01. The van der Waals surface area contributed by atoms with Crippen LogP contribution in [0.2, 0.25) is 0 Å². The van der Waals surface area contributed by atoms with E-state index in [-0.39, 0.29) is 0 Å². The van der Waals surface area contributed by atoms with Gasteiger partial charge in [0.2, 0.25) is 0 Å². The second-order valence-electron chi connectivity index (χ2n) is 3.74. The predicted octanol–water partition coefficient (Wildman–Crippen LogP) is 1.88. The van der Waals surface area contributed by atoms with Gasteiger partial charge >= 0.3 is 0 Å². The summed E-state index contributed by atoms with van der Waals surface area (Å²) in [6.07, 6.45) is 1.82. The Labute approximate surface area is 83.7 Å². The summed E-state index contributed by atoms with van der Waals surface area (Å²) in [6, 6.07) is 6.12. The van der Waals surface area contributed by atoms with Crippen LogP contribution in [0.3, 0.4) is 0 Å². The monoisotopic (exact) mass is 190 g/mol. The predicted molar refractivity (Wildman–Crippen MR) is 57.4 cm³/mol. The minimum atomic E-state index is 0.809. The molecule has 0 heterocycles. The number of hydrogen-bond acceptors (Lipinski definition) is 3. The van der Waals surface area contributed by atoms with Gasteiger partial charge in [0.25, 0.3) is 0 Å². The summed E-state index contributed by atoms with van der Waals surface area (Å²) in [5.74, 6) is 0. The van der Waals surface area contributed by atoms with Crippen molar-refractivity contribution >= 4 is 11.4 Å². The van der Waals surface area contributed by atoms with Gasteiger partial charge in [0.05, 0.1) is 5.71 Å². The molecular formula is C11H14N2O. The summed E-state index contributed by atoms with van der Waals surface area (Å²) < 4.78 is 0. The summed E-state index contributed by atoms with van der Waals surface area (Å²) >= 11 is 0. The van der Waals surface area contributed by atoms with Crippen LogP contribution in [0.5, 0.6) is 0 Å². The van der Waals surface area contributed by atoms with Gasteiger partial charge in [-0.2, -0.15) is 0 Å². The fraction of sp³-hybridized carbons (Fsp3) is 0.364. The first kappa shape index (κ1) is 9.06. The molecule has 1 N–H and O–H groups in total. The van der Waals surface area contributed by atoms with Crippen molar-refractivity contribution in [1.29, 1.82) is 0 Å². The van der Waals surface area contributed by atoms with Gasteiger partial charge in [-0.25, -0.2) is 0 Å². The van der Waals surface area contributed by atoms with Gasteiger partial charge in [0.1, 0.15) is 0 Å². The van der Waals surface area contributed by atoms with Crippen molar-refractivity contribution in [3.8, 4) is 0 Å². The van der Waals surface area contributed by atoms with Crippen molar-refractivity contribution in [2.45, 2.75) is 12.8 Å². The summed E-state index contributed by atoms with van der Waals surface area (Å²) in [5, 5.41) is 12.1. The number of oxime groups is 1. The van der Waals surface area contributed by atoms with Crippen molar-refractivity contribution < 1.29 is 5.21 Å². The van der Waals surface area contributed by atoms with E-state index in [2.05, 4.69) is 16.1 Å². The van der Waals surface area contributed by atoms with Crippen LogP contribution in [-0.2, 0) is 6.42 Å². The standard InChI is InChI=1S/C11H14N2O/c1-13(2)11-5-3-4-8-9(11)6-7-10(8)12-14/h3-5,14H,6-7H2,1-2H3. The van der Waals surface area contributed by atoms with E-state index in [0.29, 0.717) is 0 Å². The maximum absolute atomic E-state index is 8.82. The third-order valence-electron chi connectivity index (χ3n) is 2.68. The van der Waals surface area contributed by atoms with E-state index >= 15 is 0 Å².